The Kier molecular flexibility index (Phi) is 4.57. The van der Waals surface area contributed by atoms with E-state index in [1.165, 1.54) is 12.1 Å². The molecule has 0 radical (unpaired) electrons. The number of nitro benzene ring substituents is 1. The number of nitrogens with one attached hydrogen (secondary N) is 1. The molecule has 2 aromatic rings. The van der Waals surface area contributed by atoms with Gasteiger partial charge in [-0.1, -0.05) is 6.07 Å². The first-order valence-electron chi connectivity index (χ1n) is 6.18. The van der Waals surface area contributed by atoms with Crippen LogP contribution in [0, 0.1) is 21.7 Å². The number of hydrogen-bond donors (Lipinski definition) is 2. The molecule has 0 spiro atoms. The Morgan fingerprint density at radius 1 is 1.22 bits per heavy atom. The van der Waals surface area contributed by atoms with Crippen LogP contribution in [0.15, 0.2) is 41.3 Å². The van der Waals surface area contributed by atoms with Crippen LogP contribution in [0.1, 0.15) is 5.56 Å². The highest BCUT2D eigenvalue weighted by molar-refractivity contribution is 7.89. The third kappa shape index (κ3) is 3.79. The number of para-hydroxylation sites is 1. The smallest absolute Gasteiger partial charge is 0.312 e. The molecule has 7 nitrogen and oxygen atoms in total. The second-order valence-electron chi connectivity index (χ2n) is 4.54. The Labute approximate surface area is 129 Å². The number of benzene rings is 2. The van der Waals surface area contributed by atoms with Crippen LogP contribution >= 0.6 is 0 Å². The average molecular weight is 343 g/mol. The third-order valence-corrected chi connectivity index (χ3v) is 3.91. The number of nitrogens with two attached hydrogens (primary N) is 1. The number of halogens is 2. The standard InChI is InChI=1S/C13H11F2N3O4S/c14-9-4-5-10(15)8(6-9)7-17-11-2-1-3-12(23(16,21)22)13(11)18(19)20/h1-6,17H,7H2,(H2,16,21,22). The fourth-order valence-electron chi connectivity index (χ4n) is 1.95. The van der Waals surface area contributed by atoms with Crippen molar-refractivity contribution in [1.29, 1.82) is 0 Å². The van der Waals surface area contributed by atoms with Crippen molar-refractivity contribution in [3.8, 4) is 0 Å². The fourth-order valence-corrected chi connectivity index (χ4v) is 2.67. The molecule has 0 heterocycles. The number of nitro groups is 1. The molecule has 2 rings (SSSR count). The number of anilines is 1. The molecular weight excluding hydrogens is 332 g/mol. The summed E-state index contributed by atoms with van der Waals surface area (Å²) in [6.07, 6.45) is 0. The zero-order chi connectivity index (χ0) is 17.2. The van der Waals surface area contributed by atoms with Gasteiger partial charge in [0, 0.05) is 12.1 Å². The second kappa shape index (κ2) is 6.26. The van der Waals surface area contributed by atoms with Gasteiger partial charge in [0.25, 0.3) is 0 Å². The van der Waals surface area contributed by atoms with Crippen LogP contribution in [0.5, 0.6) is 0 Å². The van der Waals surface area contributed by atoms with E-state index in [1.54, 1.807) is 0 Å². The topological polar surface area (TPSA) is 115 Å². The molecule has 2 aromatic carbocycles. The molecule has 0 aromatic heterocycles. The number of primary sulfonamides is 1. The lowest BCUT2D eigenvalue weighted by Crippen LogP contribution is -2.15. The van der Waals surface area contributed by atoms with Gasteiger partial charge in [0.15, 0.2) is 4.90 Å². The normalized spacial score (nSPS) is 11.3. The van der Waals surface area contributed by atoms with Crippen molar-refractivity contribution in [2.75, 3.05) is 5.32 Å². The fraction of sp³-hybridized carbons (Fsp3) is 0.0769. The SMILES string of the molecule is NS(=O)(=O)c1cccc(NCc2cc(F)ccc2F)c1[N+](=O)[O-]. The maximum Gasteiger partial charge on any atom is 0.312 e. The van der Waals surface area contributed by atoms with Crippen LogP contribution in [-0.2, 0) is 16.6 Å². The first kappa shape index (κ1) is 16.8. The monoisotopic (exact) mass is 343 g/mol. The third-order valence-electron chi connectivity index (χ3n) is 2.97. The maximum absolute atomic E-state index is 13.5. The summed E-state index contributed by atoms with van der Waals surface area (Å²) in [5.74, 6) is -1.37. The average Bonchev–Trinajstić information content (AvgIpc) is 2.46. The van der Waals surface area contributed by atoms with Crippen LogP contribution in [0.3, 0.4) is 0 Å². The predicted octanol–water partition coefficient (Wildman–Crippen LogP) is 2.13. The van der Waals surface area contributed by atoms with Crippen LogP contribution in [-0.4, -0.2) is 13.3 Å². The van der Waals surface area contributed by atoms with Crippen molar-refractivity contribution in [2.24, 2.45) is 5.14 Å². The van der Waals surface area contributed by atoms with Gasteiger partial charge in [0.2, 0.25) is 10.0 Å². The van der Waals surface area contributed by atoms with Crippen molar-refractivity contribution in [1.82, 2.24) is 0 Å². The zero-order valence-corrected chi connectivity index (χ0v) is 12.3. The largest absolute Gasteiger partial charge is 0.375 e. The molecule has 0 aliphatic rings. The van der Waals surface area contributed by atoms with E-state index in [4.69, 9.17) is 5.14 Å². The lowest BCUT2D eigenvalue weighted by Gasteiger charge is -2.10. The van der Waals surface area contributed by atoms with Crippen molar-refractivity contribution in [2.45, 2.75) is 11.4 Å². The van der Waals surface area contributed by atoms with Gasteiger partial charge in [0.1, 0.15) is 17.3 Å². The van der Waals surface area contributed by atoms with E-state index in [0.717, 1.165) is 24.3 Å². The first-order valence-corrected chi connectivity index (χ1v) is 7.73. The molecule has 3 N–H and O–H groups in total. The van der Waals surface area contributed by atoms with E-state index in [1.807, 2.05) is 0 Å². The predicted molar refractivity (Wildman–Crippen MR) is 78.2 cm³/mol. The number of hydrogen-bond acceptors (Lipinski definition) is 5. The maximum atomic E-state index is 13.5. The molecule has 10 heteroatoms. The van der Waals surface area contributed by atoms with E-state index in [-0.39, 0.29) is 17.8 Å². The Hall–Kier alpha value is -2.59. The van der Waals surface area contributed by atoms with Crippen molar-refractivity contribution < 1.29 is 22.1 Å². The minimum Gasteiger partial charge on any atom is -0.375 e. The summed E-state index contributed by atoms with van der Waals surface area (Å²) in [6.45, 7) is -0.279. The highest BCUT2D eigenvalue weighted by Gasteiger charge is 2.26. The lowest BCUT2D eigenvalue weighted by molar-refractivity contribution is -0.386. The quantitative estimate of drug-likeness (QED) is 0.637. The molecule has 0 bridgehead atoms. The van der Waals surface area contributed by atoms with Gasteiger partial charge in [-0.2, -0.15) is 0 Å². The van der Waals surface area contributed by atoms with Gasteiger partial charge in [0.05, 0.1) is 4.92 Å². The van der Waals surface area contributed by atoms with E-state index in [2.05, 4.69) is 5.32 Å². The van der Waals surface area contributed by atoms with Gasteiger partial charge >= 0.3 is 5.69 Å². The van der Waals surface area contributed by atoms with Crippen LogP contribution < -0.4 is 10.5 Å². The Morgan fingerprint density at radius 3 is 2.52 bits per heavy atom. The van der Waals surface area contributed by atoms with Crippen LogP contribution in [0.4, 0.5) is 20.2 Å². The lowest BCUT2D eigenvalue weighted by atomic mass is 10.2. The van der Waals surface area contributed by atoms with E-state index >= 15 is 0 Å². The summed E-state index contributed by atoms with van der Waals surface area (Å²) in [5.41, 5.74) is -1.00. The molecule has 0 fully saturated rings. The highest BCUT2D eigenvalue weighted by atomic mass is 32.2. The van der Waals surface area contributed by atoms with Crippen LogP contribution in [0.2, 0.25) is 0 Å². The molecule has 23 heavy (non-hydrogen) atoms. The summed E-state index contributed by atoms with van der Waals surface area (Å²) in [4.78, 5) is 9.55. The van der Waals surface area contributed by atoms with E-state index < -0.39 is 37.2 Å². The number of nitrogens with zero attached hydrogens (tertiary/aromatic N) is 1. The van der Waals surface area contributed by atoms with E-state index in [0.29, 0.717) is 0 Å². The summed E-state index contributed by atoms with van der Waals surface area (Å²) in [5, 5.41) is 18.6. The molecule has 0 saturated heterocycles. The van der Waals surface area contributed by atoms with Gasteiger partial charge in [-0.3, -0.25) is 10.1 Å². The molecule has 0 aliphatic carbocycles. The summed E-state index contributed by atoms with van der Waals surface area (Å²) < 4.78 is 49.5. The molecule has 122 valence electrons. The molecule has 0 saturated carbocycles. The molecule has 0 atom stereocenters. The van der Waals surface area contributed by atoms with Gasteiger partial charge in [-0.05, 0) is 30.3 Å². The number of rotatable bonds is 5. The summed E-state index contributed by atoms with van der Waals surface area (Å²) >= 11 is 0. The molecule has 0 amide bonds. The van der Waals surface area contributed by atoms with Crippen molar-refractivity contribution >= 4 is 21.4 Å². The second-order valence-corrected chi connectivity index (χ2v) is 6.07. The van der Waals surface area contributed by atoms with Crippen molar-refractivity contribution in [3.63, 3.8) is 0 Å². The Balaban J connectivity index is 2.41. The Bertz CT molecular complexity index is 872. The molecule has 0 unspecified atom stereocenters. The van der Waals surface area contributed by atoms with Crippen molar-refractivity contribution in [3.05, 3.63) is 63.7 Å². The first-order chi connectivity index (χ1) is 10.7. The molecule has 0 aliphatic heterocycles. The molecular formula is C13H11F2N3O4S. The summed E-state index contributed by atoms with van der Waals surface area (Å²) in [6, 6.07) is 6.25. The minimum atomic E-state index is -4.31. The van der Waals surface area contributed by atoms with Crippen LogP contribution in [0.25, 0.3) is 0 Å². The Morgan fingerprint density at radius 2 is 1.91 bits per heavy atom. The highest BCUT2D eigenvalue weighted by Crippen LogP contribution is 2.31. The number of sulfonamides is 1. The van der Waals surface area contributed by atoms with E-state index in [9.17, 15) is 27.3 Å². The van der Waals surface area contributed by atoms with Gasteiger partial charge in [-0.25, -0.2) is 22.3 Å². The summed E-state index contributed by atoms with van der Waals surface area (Å²) in [7, 11) is -4.31. The minimum absolute atomic E-state index is 0.0692. The van der Waals surface area contributed by atoms with Gasteiger partial charge < -0.3 is 5.32 Å². The zero-order valence-electron chi connectivity index (χ0n) is 11.5. The van der Waals surface area contributed by atoms with Gasteiger partial charge in [-0.15, -0.1) is 0 Å².